The van der Waals surface area contributed by atoms with E-state index >= 15 is 0 Å². The Morgan fingerprint density at radius 2 is 1.86 bits per heavy atom. The van der Waals surface area contributed by atoms with Gasteiger partial charge in [0, 0.05) is 44.6 Å². The Labute approximate surface area is 208 Å². The summed E-state index contributed by atoms with van der Waals surface area (Å²) in [6.07, 6.45) is 1.87. The molecule has 0 spiro atoms. The van der Waals surface area contributed by atoms with E-state index in [0.29, 0.717) is 12.1 Å². The number of anilines is 1. The molecule has 0 bridgehead atoms. The van der Waals surface area contributed by atoms with E-state index in [1.807, 2.05) is 23.9 Å². The summed E-state index contributed by atoms with van der Waals surface area (Å²) in [6.45, 7) is 20.3. The number of pyridine rings is 2. The van der Waals surface area contributed by atoms with Gasteiger partial charge in [-0.3, -0.25) is 4.79 Å². The van der Waals surface area contributed by atoms with E-state index in [1.165, 1.54) is 0 Å². The van der Waals surface area contributed by atoms with Crippen LogP contribution in [0.3, 0.4) is 0 Å². The fourth-order valence-corrected chi connectivity index (χ4v) is 4.53. The van der Waals surface area contributed by atoms with E-state index in [-0.39, 0.29) is 17.4 Å². The third-order valence-electron chi connectivity index (χ3n) is 6.71. The zero-order valence-electron chi connectivity index (χ0n) is 22.2. The predicted molar refractivity (Wildman–Crippen MR) is 141 cm³/mol. The third-order valence-corrected chi connectivity index (χ3v) is 6.71. The van der Waals surface area contributed by atoms with E-state index in [1.54, 1.807) is 0 Å². The van der Waals surface area contributed by atoms with Crippen molar-refractivity contribution in [1.29, 1.82) is 0 Å². The fraction of sp³-hybridized carbons (Fsp3) is 0.556. The lowest BCUT2D eigenvalue weighted by atomic mass is 10.0. The van der Waals surface area contributed by atoms with Crippen LogP contribution in [-0.4, -0.2) is 63.3 Å². The average molecular weight is 478 g/mol. The fourth-order valence-electron chi connectivity index (χ4n) is 4.53. The number of likely N-dealkylation sites (N-methyl/N-ethyl adjacent to an activating group) is 1. The van der Waals surface area contributed by atoms with Crippen molar-refractivity contribution in [3.63, 3.8) is 0 Å². The summed E-state index contributed by atoms with van der Waals surface area (Å²) >= 11 is 0. The number of nitrogens with one attached hydrogen (secondary N) is 1. The quantitative estimate of drug-likeness (QED) is 0.576. The molecule has 0 atom stereocenters. The number of rotatable bonds is 6. The van der Waals surface area contributed by atoms with Gasteiger partial charge in [-0.2, -0.15) is 5.10 Å². The minimum absolute atomic E-state index is 0.115. The molecule has 188 valence electrons. The van der Waals surface area contributed by atoms with Crippen molar-refractivity contribution in [2.24, 2.45) is 0 Å². The number of amides is 1. The molecule has 1 fully saturated rings. The van der Waals surface area contributed by atoms with E-state index in [4.69, 9.17) is 10.1 Å². The molecule has 1 N–H and O–H groups in total. The Hall–Kier alpha value is -3.00. The van der Waals surface area contributed by atoms with Gasteiger partial charge in [0.15, 0.2) is 5.65 Å². The summed E-state index contributed by atoms with van der Waals surface area (Å²) in [5.41, 5.74) is 3.84. The molecule has 8 heteroatoms. The van der Waals surface area contributed by atoms with Crippen molar-refractivity contribution in [3.05, 3.63) is 46.9 Å². The zero-order valence-corrected chi connectivity index (χ0v) is 22.2. The van der Waals surface area contributed by atoms with Gasteiger partial charge < -0.3 is 15.1 Å². The van der Waals surface area contributed by atoms with E-state index in [0.717, 1.165) is 66.5 Å². The second-order valence-corrected chi connectivity index (χ2v) is 10.7. The first kappa shape index (κ1) is 25.1. The summed E-state index contributed by atoms with van der Waals surface area (Å²) in [5, 5.41) is 8.66. The van der Waals surface area contributed by atoms with Crippen LogP contribution in [0.4, 0.5) is 5.82 Å². The summed E-state index contributed by atoms with van der Waals surface area (Å²) in [4.78, 5) is 27.7. The summed E-state index contributed by atoms with van der Waals surface area (Å²) < 4.78 is 1.93. The second-order valence-electron chi connectivity index (χ2n) is 10.7. The number of nitrogens with zero attached hydrogens (tertiary/aromatic N) is 6. The molecule has 1 saturated heterocycles. The largest absolute Gasteiger partial charge is 0.354 e. The molecule has 1 aliphatic rings. The summed E-state index contributed by atoms with van der Waals surface area (Å²) in [6, 6.07) is 6.03. The van der Waals surface area contributed by atoms with E-state index in [2.05, 4.69) is 73.8 Å². The van der Waals surface area contributed by atoms with Crippen LogP contribution in [0, 0.1) is 6.92 Å². The van der Waals surface area contributed by atoms with Gasteiger partial charge in [-0.1, -0.05) is 26.8 Å². The van der Waals surface area contributed by atoms with E-state index in [9.17, 15) is 4.79 Å². The van der Waals surface area contributed by atoms with Crippen molar-refractivity contribution in [2.75, 3.05) is 37.6 Å². The van der Waals surface area contributed by atoms with Crippen LogP contribution in [0.2, 0.25) is 0 Å². The Morgan fingerprint density at radius 1 is 1.14 bits per heavy atom. The first-order chi connectivity index (χ1) is 16.6. The van der Waals surface area contributed by atoms with Crippen LogP contribution >= 0.6 is 0 Å². The molecule has 0 aliphatic carbocycles. The Kier molecular flexibility index (Phi) is 7.12. The highest BCUT2D eigenvalue weighted by molar-refractivity contribution is 6.06. The molecule has 0 radical (unpaired) electrons. The number of carbonyl (C=O) groups is 1. The summed E-state index contributed by atoms with van der Waals surface area (Å²) in [5.74, 6) is 1.08. The third kappa shape index (κ3) is 5.32. The number of aryl methyl sites for hydroxylation is 1. The highest BCUT2D eigenvalue weighted by Crippen LogP contribution is 2.29. The predicted octanol–water partition coefficient (Wildman–Crippen LogP) is 4.09. The smallest absolute Gasteiger partial charge is 0.252 e. The van der Waals surface area contributed by atoms with Crippen LogP contribution in [-0.2, 0) is 12.1 Å². The van der Waals surface area contributed by atoms with Crippen molar-refractivity contribution in [2.45, 2.75) is 66.5 Å². The molecular weight excluding hydrogens is 438 g/mol. The molecule has 0 unspecified atom stereocenters. The number of aromatic nitrogens is 4. The van der Waals surface area contributed by atoms with Crippen LogP contribution < -0.4 is 10.2 Å². The lowest BCUT2D eigenvalue weighted by Gasteiger charge is -2.34. The molecule has 3 aromatic heterocycles. The SMILES string of the molecule is CCN1CCN(c2ccc(CNC(=O)c3cc(C(C)C)nc4c3c(C)nn4C(C)(C)C)cn2)CC1. The number of piperazine rings is 1. The molecule has 0 aromatic carbocycles. The Morgan fingerprint density at radius 3 is 2.43 bits per heavy atom. The van der Waals surface area contributed by atoms with Gasteiger partial charge in [0.2, 0.25) is 0 Å². The van der Waals surface area contributed by atoms with E-state index < -0.39 is 0 Å². The van der Waals surface area contributed by atoms with Crippen molar-refractivity contribution < 1.29 is 4.79 Å². The average Bonchev–Trinajstić information content (AvgIpc) is 3.19. The first-order valence-electron chi connectivity index (χ1n) is 12.7. The summed E-state index contributed by atoms with van der Waals surface area (Å²) in [7, 11) is 0. The van der Waals surface area contributed by atoms with Gasteiger partial charge in [0.05, 0.1) is 22.2 Å². The van der Waals surface area contributed by atoms with Crippen LogP contribution in [0.25, 0.3) is 11.0 Å². The van der Waals surface area contributed by atoms with Gasteiger partial charge in [0.1, 0.15) is 5.82 Å². The van der Waals surface area contributed by atoms with Crippen molar-refractivity contribution in [3.8, 4) is 0 Å². The topological polar surface area (TPSA) is 79.2 Å². The van der Waals surface area contributed by atoms with Crippen molar-refractivity contribution >= 4 is 22.8 Å². The van der Waals surface area contributed by atoms with Crippen LogP contribution in [0.5, 0.6) is 0 Å². The maximum absolute atomic E-state index is 13.4. The number of hydrogen-bond donors (Lipinski definition) is 1. The van der Waals surface area contributed by atoms with Gasteiger partial charge in [0.25, 0.3) is 5.91 Å². The maximum Gasteiger partial charge on any atom is 0.252 e. The number of carbonyl (C=O) groups excluding carboxylic acids is 1. The standard InChI is InChI=1S/C27H39N7O/c1-8-32-11-13-33(14-12-32)23-10-9-20(16-28-23)17-29-26(35)21-15-22(18(2)3)30-25-24(21)19(4)31-34(25)27(5,6)7/h9-10,15-16,18H,8,11-14,17H2,1-7H3,(H,29,35). The second kappa shape index (κ2) is 9.93. The molecule has 4 rings (SSSR count). The normalized spacial score (nSPS) is 15.3. The molecule has 1 amide bonds. The molecule has 4 heterocycles. The highest BCUT2D eigenvalue weighted by atomic mass is 16.1. The molecule has 35 heavy (non-hydrogen) atoms. The Bertz CT molecular complexity index is 1180. The molecule has 3 aromatic rings. The Balaban J connectivity index is 1.52. The van der Waals surface area contributed by atoms with Crippen LogP contribution in [0.15, 0.2) is 24.4 Å². The van der Waals surface area contributed by atoms with Gasteiger partial charge >= 0.3 is 0 Å². The molecule has 1 aliphatic heterocycles. The monoisotopic (exact) mass is 477 g/mol. The maximum atomic E-state index is 13.4. The highest BCUT2D eigenvalue weighted by Gasteiger charge is 2.25. The molecule has 0 saturated carbocycles. The van der Waals surface area contributed by atoms with Gasteiger partial charge in [-0.15, -0.1) is 0 Å². The minimum Gasteiger partial charge on any atom is -0.354 e. The van der Waals surface area contributed by atoms with Gasteiger partial charge in [-0.05, 0) is 57.9 Å². The number of hydrogen-bond acceptors (Lipinski definition) is 6. The van der Waals surface area contributed by atoms with Crippen molar-refractivity contribution in [1.82, 2.24) is 30.0 Å². The minimum atomic E-state index is -0.237. The molecular formula is C27H39N7O. The van der Waals surface area contributed by atoms with Gasteiger partial charge in [-0.25, -0.2) is 14.6 Å². The lowest BCUT2D eigenvalue weighted by Crippen LogP contribution is -2.46. The first-order valence-corrected chi connectivity index (χ1v) is 12.7. The molecule has 8 nitrogen and oxygen atoms in total. The number of fused-ring (bicyclic) bond motifs is 1. The zero-order chi connectivity index (χ0) is 25.3. The lowest BCUT2D eigenvalue weighted by molar-refractivity contribution is 0.0952. The van der Waals surface area contributed by atoms with Crippen LogP contribution in [0.1, 0.15) is 74.8 Å².